The number of fused-ring (bicyclic) bond motifs is 4. The van der Waals surface area contributed by atoms with E-state index in [1.807, 2.05) is 137 Å². The number of aromatic amines is 2. The minimum Gasteiger partial charge on any atom is -0.368 e. The summed E-state index contributed by atoms with van der Waals surface area (Å²) in [6.45, 7) is 7.80. The molecule has 6 heterocycles. The van der Waals surface area contributed by atoms with Crippen LogP contribution in [0.15, 0.2) is 131 Å². The Bertz CT molecular complexity index is 3380. The fourth-order valence-corrected chi connectivity index (χ4v) is 7.72. The monoisotopic (exact) mass is 874 g/mol. The number of nitrogens with one attached hydrogen (secondary N) is 3. The van der Waals surface area contributed by atoms with Crippen LogP contribution in [-0.4, -0.2) is 49.0 Å². The van der Waals surface area contributed by atoms with E-state index in [1.165, 1.54) is 6.33 Å². The molecule has 0 fully saturated rings. The van der Waals surface area contributed by atoms with E-state index in [4.69, 9.17) is 28.8 Å². The summed E-state index contributed by atoms with van der Waals surface area (Å²) in [6, 6.07) is 34.6. The number of rotatable bonds is 6. The predicted octanol–water partition coefficient (Wildman–Crippen LogP) is 8.26. The lowest BCUT2D eigenvalue weighted by Gasteiger charge is -2.22. The average molecular weight is 875 g/mol. The Balaban J connectivity index is 0.000000159. The summed E-state index contributed by atoms with van der Waals surface area (Å²) in [7, 11) is 0. The number of para-hydroxylation sites is 2. The molecule has 4 aromatic carbocycles. The fourth-order valence-electron chi connectivity index (χ4n) is 7.50. The van der Waals surface area contributed by atoms with Crippen LogP contribution in [0.3, 0.4) is 0 Å². The molecule has 16 nitrogen and oxygen atoms in total. The van der Waals surface area contributed by atoms with Gasteiger partial charge in [0.15, 0.2) is 22.3 Å². The van der Waals surface area contributed by atoms with E-state index in [-0.39, 0.29) is 42.5 Å². The molecule has 0 aliphatic carbocycles. The molecule has 2 unspecified atom stereocenters. The van der Waals surface area contributed by atoms with Crippen molar-refractivity contribution in [2.45, 2.75) is 47.2 Å². The number of benzene rings is 4. The van der Waals surface area contributed by atoms with Crippen molar-refractivity contribution >= 4 is 73.2 Å². The second-order valence-corrected chi connectivity index (χ2v) is 15.2. The van der Waals surface area contributed by atoms with Crippen molar-refractivity contribution in [3.63, 3.8) is 0 Å². The second kappa shape index (κ2) is 18.6. The third-order valence-electron chi connectivity index (χ3n) is 10.4. The second-order valence-electron chi connectivity index (χ2n) is 14.8. The van der Waals surface area contributed by atoms with Crippen LogP contribution in [0.2, 0.25) is 5.15 Å². The summed E-state index contributed by atoms with van der Waals surface area (Å²) >= 11 is 5.70. The van der Waals surface area contributed by atoms with Gasteiger partial charge in [-0.1, -0.05) is 91.8 Å². The zero-order valence-electron chi connectivity index (χ0n) is 34.7. The summed E-state index contributed by atoms with van der Waals surface area (Å²) in [5.41, 5.74) is 24.7. The first-order valence-corrected chi connectivity index (χ1v) is 20.3. The summed E-state index contributed by atoms with van der Waals surface area (Å²) < 4.78 is 3.47. The van der Waals surface area contributed by atoms with Gasteiger partial charge in [-0.05, 0) is 86.0 Å². The first-order chi connectivity index (χ1) is 30.4. The van der Waals surface area contributed by atoms with Crippen LogP contribution < -0.4 is 33.6 Å². The van der Waals surface area contributed by atoms with Gasteiger partial charge in [-0.2, -0.15) is 19.9 Å². The van der Waals surface area contributed by atoms with Crippen LogP contribution in [0.25, 0.3) is 55.2 Å². The minimum absolute atomic E-state index is 0. The number of H-pyrrole nitrogens is 2. The van der Waals surface area contributed by atoms with Gasteiger partial charge in [-0.3, -0.25) is 18.7 Å². The highest BCUT2D eigenvalue weighted by atomic mass is 35.5. The Morgan fingerprint density at radius 3 is 1.62 bits per heavy atom. The van der Waals surface area contributed by atoms with Gasteiger partial charge >= 0.3 is 0 Å². The number of hydrogen-bond acceptors (Lipinski definition) is 12. The number of pyridine rings is 2. The molecule has 10 aromatic rings. The van der Waals surface area contributed by atoms with E-state index in [2.05, 4.69) is 45.2 Å². The first kappa shape index (κ1) is 44.1. The number of anilines is 3. The average Bonchev–Trinajstić information content (AvgIpc) is 3.95. The third-order valence-corrected chi connectivity index (χ3v) is 10.7. The Hall–Kier alpha value is -7.95. The summed E-state index contributed by atoms with van der Waals surface area (Å²) in [5.74, 6) is 0.794. The number of nitrogens with two attached hydrogens (primary N) is 3. The molecular weight excluding hydrogens is 828 g/mol. The van der Waals surface area contributed by atoms with Crippen molar-refractivity contribution < 1.29 is 0 Å². The topological polar surface area (TPSA) is 243 Å². The Kier molecular flexibility index (Phi) is 12.8. The molecule has 0 bridgehead atoms. The van der Waals surface area contributed by atoms with Crippen molar-refractivity contribution in [2.75, 3.05) is 16.8 Å². The van der Waals surface area contributed by atoms with Crippen LogP contribution in [-0.2, 0) is 0 Å². The zero-order valence-corrected chi connectivity index (χ0v) is 35.5. The van der Waals surface area contributed by atoms with Gasteiger partial charge < -0.3 is 32.5 Å². The minimum atomic E-state index is -0.265. The quantitative estimate of drug-likeness (QED) is 0.0865. The lowest BCUT2D eigenvalue weighted by Crippen LogP contribution is -2.26. The molecular formula is C47H47ClN14O2. The highest BCUT2D eigenvalue weighted by Crippen LogP contribution is 2.28. The van der Waals surface area contributed by atoms with E-state index in [1.54, 1.807) is 15.5 Å². The maximum Gasteiger partial charge on any atom is 0.263 e. The maximum absolute atomic E-state index is 13.6. The maximum atomic E-state index is 13.6. The molecule has 64 heavy (non-hydrogen) atoms. The summed E-state index contributed by atoms with van der Waals surface area (Å²) in [6.07, 6.45) is 3.04. The van der Waals surface area contributed by atoms with Crippen LogP contribution in [0.5, 0.6) is 0 Å². The van der Waals surface area contributed by atoms with Crippen molar-refractivity contribution in [3.8, 4) is 11.4 Å². The van der Waals surface area contributed by atoms with Gasteiger partial charge in [-0.15, -0.1) is 0 Å². The van der Waals surface area contributed by atoms with Gasteiger partial charge in [0.2, 0.25) is 11.9 Å². The summed E-state index contributed by atoms with van der Waals surface area (Å²) in [5, 5.41) is 6.99. The van der Waals surface area contributed by atoms with Gasteiger partial charge in [0.05, 0.1) is 29.5 Å². The molecule has 17 heteroatoms. The largest absolute Gasteiger partial charge is 0.368 e. The molecule has 6 aromatic heterocycles. The number of hydrogen-bond donors (Lipinski definition) is 6. The van der Waals surface area contributed by atoms with Gasteiger partial charge in [-0.25, -0.2) is 9.97 Å². The van der Waals surface area contributed by atoms with Gasteiger partial charge in [0.25, 0.3) is 11.1 Å². The third kappa shape index (κ3) is 8.72. The lowest BCUT2D eigenvalue weighted by atomic mass is 10.0. The zero-order chi connectivity index (χ0) is 44.4. The van der Waals surface area contributed by atoms with E-state index in [9.17, 15) is 9.59 Å². The number of aromatic nitrogens is 10. The fraction of sp³-hybridized carbons (Fsp3) is 0.149. The van der Waals surface area contributed by atoms with Crippen molar-refractivity contribution in [3.05, 3.63) is 170 Å². The molecule has 10 rings (SSSR count). The van der Waals surface area contributed by atoms with E-state index in [0.717, 1.165) is 50.0 Å². The van der Waals surface area contributed by atoms with Gasteiger partial charge in [0.1, 0.15) is 11.0 Å². The van der Waals surface area contributed by atoms with Gasteiger partial charge in [0, 0.05) is 28.8 Å². The lowest BCUT2D eigenvalue weighted by molar-refractivity contribution is 0.734. The molecule has 324 valence electrons. The highest BCUT2D eigenvalue weighted by molar-refractivity contribution is 6.33. The highest BCUT2D eigenvalue weighted by Gasteiger charge is 2.20. The number of halogens is 1. The number of nitrogen functional groups attached to an aromatic ring is 2. The first-order valence-electron chi connectivity index (χ1n) is 19.9. The van der Waals surface area contributed by atoms with Crippen LogP contribution in [0, 0.1) is 13.8 Å². The van der Waals surface area contributed by atoms with Crippen molar-refractivity contribution in [1.82, 2.24) is 49.0 Å². The normalized spacial score (nSPS) is 11.9. The van der Waals surface area contributed by atoms with Crippen molar-refractivity contribution in [2.24, 2.45) is 5.73 Å². The molecule has 0 amide bonds. The Morgan fingerprint density at radius 2 is 1.09 bits per heavy atom. The van der Waals surface area contributed by atoms with E-state index in [0.29, 0.717) is 38.7 Å². The molecule has 0 aliphatic rings. The molecule has 0 saturated heterocycles. The molecule has 0 radical (unpaired) electrons. The number of imidazole rings is 2. The number of nitrogens with zero attached hydrogens (tertiary/aromatic N) is 8. The summed E-state index contributed by atoms with van der Waals surface area (Å²) in [4.78, 5) is 56.5. The molecule has 0 saturated carbocycles. The van der Waals surface area contributed by atoms with Crippen LogP contribution in [0.4, 0.5) is 17.7 Å². The van der Waals surface area contributed by atoms with Crippen LogP contribution in [0.1, 0.15) is 55.9 Å². The predicted molar refractivity (Wildman–Crippen MR) is 257 cm³/mol. The molecule has 0 aliphatic heterocycles. The molecule has 9 N–H and O–H groups in total. The van der Waals surface area contributed by atoms with E-state index >= 15 is 0 Å². The number of aryl methyl sites for hydroxylation is 2. The molecule has 0 spiro atoms. The van der Waals surface area contributed by atoms with Crippen molar-refractivity contribution in [1.29, 1.82) is 0 Å². The Morgan fingerprint density at radius 1 is 0.625 bits per heavy atom. The van der Waals surface area contributed by atoms with Crippen LogP contribution >= 0.6 is 11.6 Å². The van der Waals surface area contributed by atoms with E-state index < -0.39 is 0 Å². The standard InChI is InChI=1S/C23H21N7O.C18H18N2O.C5H4ClN5.CH4/c1-13-7-6-8-15-11-17(30(22(31)18(13)15)16-9-4-3-5-10-16)14(2)27-21-19-20(26-12-25-19)28-23(24)29-21;1-12-7-6-8-14-11-16(13(2)19)20(18(21)17(12)14)15-9-4-3-5-10-15;6-3-2-4(9-1-8-2)11-5(7)10-3;/h3-12,14H,1-2H3,(H4,24,25,26,27,28,29);3-11,13H,19H2,1-2H3;1H,(H3,7,8,9,10,11);1H4. The molecule has 2 atom stereocenters. The Labute approximate surface area is 372 Å². The SMILES string of the molecule is C.Cc1cccc2cc(C(C)N)n(-c3ccccc3)c(=O)c12.Cc1cccc2cc(C(C)Nc3nc(N)nc4nc[nH]c34)n(-c3ccccc3)c(=O)c12.Nc1nc(Cl)c2[nH]cnc2n1. The smallest absolute Gasteiger partial charge is 0.263 e.